The Kier molecular flexibility index (Phi) is 3.00. The Hall–Kier alpha value is -1.85. The molecule has 3 unspecified atom stereocenters. The van der Waals surface area contributed by atoms with Crippen molar-refractivity contribution < 1.29 is 18.8 Å². The zero-order valence-corrected chi connectivity index (χ0v) is 10.7. The number of rotatable bonds is 2. The van der Waals surface area contributed by atoms with Crippen molar-refractivity contribution in [3.05, 3.63) is 18.0 Å². The lowest BCUT2D eigenvalue weighted by atomic mass is 9.94. The number of amides is 1. The van der Waals surface area contributed by atoms with Crippen molar-refractivity contribution in [1.29, 1.82) is 0 Å². The molecule has 1 saturated carbocycles. The molecule has 0 spiro atoms. The van der Waals surface area contributed by atoms with Gasteiger partial charge in [0.2, 0.25) is 0 Å². The zero-order chi connectivity index (χ0) is 13.4. The third-order valence-corrected chi connectivity index (χ3v) is 4.25. The van der Waals surface area contributed by atoms with Crippen LogP contribution in [-0.4, -0.2) is 41.6 Å². The van der Waals surface area contributed by atoms with E-state index in [9.17, 15) is 9.59 Å². The lowest BCUT2D eigenvalue weighted by molar-refractivity contribution is -0.146. The summed E-state index contributed by atoms with van der Waals surface area (Å²) in [5.41, 5.74) is 0.244. The molecule has 0 N–H and O–H groups in total. The molecular weight excluding hydrogens is 248 g/mol. The summed E-state index contributed by atoms with van der Waals surface area (Å²) in [4.78, 5) is 25.9. The van der Waals surface area contributed by atoms with Crippen LogP contribution in [0, 0.1) is 11.8 Å². The minimum Gasteiger partial charge on any atom is -0.467 e. The van der Waals surface area contributed by atoms with Crippen molar-refractivity contribution in [2.75, 3.05) is 13.7 Å². The van der Waals surface area contributed by atoms with E-state index in [1.165, 1.54) is 19.4 Å². The van der Waals surface area contributed by atoms with Gasteiger partial charge in [0.25, 0.3) is 5.91 Å². The SMILES string of the molecule is COC(=O)C1C2CCCC2CN1C(=O)c1ccon1. The predicted molar refractivity (Wildman–Crippen MR) is 64.2 cm³/mol. The highest BCUT2D eigenvalue weighted by Gasteiger charge is 2.50. The Bertz CT molecular complexity index is 485. The maximum absolute atomic E-state index is 12.4. The summed E-state index contributed by atoms with van der Waals surface area (Å²) in [7, 11) is 1.36. The molecule has 1 aromatic rings. The number of fused-ring (bicyclic) bond motifs is 1. The number of esters is 1. The van der Waals surface area contributed by atoms with Gasteiger partial charge in [-0.1, -0.05) is 11.6 Å². The number of methoxy groups -OCH3 is 1. The minimum atomic E-state index is -0.471. The molecule has 3 atom stereocenters. The fraction of sp³-hybridized carbons (Fsp3) is 0.615. The van der Waals surface area contributed by atoms with E-state index in [4.69, 9.17) is 9.26 Å². The van der Waals surface area contributed by atoms with Crippen LogP contribution in [0.1, 0.15) is 29.8 Å². The highest BCUT2D eigenvalue weighted by Crippen LogP contribution is 2.42. The van der Waals surface area contributed by atoms with Gasteiger partial charge < -0.3 is 14.2 Å². The van der Waals surface area contributed by atoms with Crippen LogP contribution in [-0.2, 0) is 9.53 Å². The van der Waals surface area contributed by atoms with Crippen molar-refractivity contribution in [1.82, 2.24) is 10.1 Å². The van der Waals surface area contributed by atoms with Crippen molar-refractivity contribution in [2.24, 2.45) is 11.8 Å². The first-order valence-electron chi connectivity index (χ1n) is 6.51. The van der Waals surface area contributed by atoms with Gasteiger partial charge in [-0.05, 0) is 24.7 Å². The number of ether oxygens (including phenoxy) is 1. The average Bonchev–Trinajstić information content (AvgIpc) is 3.12. The fourth-order valence-corrected chi connectivity index (χ4v) is 3.41. The molecule has 1 saturated heterocycles. The summed E-state index contributed by atoms with van der Waals surface area (Å²) >= 11 is 0. The van der Waals surface area contributed by atoms with E-state index in [2.05, 4.69) is 5.16 Å². The van der Waals surface area contributed by atoms with E-state index in [0.29, 0.717) is 12.5 Å². The van der Waals surface area contributed by atoms with Crippen LogP contribution in [0.25, 0.3) is 0 Å². The van der Waals surface area contributed by atoms with Gasteiger partial charge in [-0.25, -0.2) is 4.79 Å². The van der Waals surface area contributed by atoms with Gasteiger partial charge in [0, 0.05) is 12.6 Å². The third kappa shape index (κ3) is 1.91. The molecule has 6 heteroatoms. The number of carbonyl (C=O) groups is 2. The van der Waals surface area contributed by atoms with Crippen LogP contribution < -0.4 is 0 Å². The molecule has 2 heterocycles. The van der Waals surface area contributed by atoms with E-state index in [1.54, 1.807) is 4.90 Å². The first kappa shape index (κ1) is 12.2. The highest BCUT2D eigenvalue weighted by atomic mass is 16.5. The van der Waals surface area contributed by atoms with E-state index in [1.807, 2.05) is 0 Å². The summed E-state index contributed by atoms with van der Waals surface area (Å²) in [5.74, 6) is 0.0491. The maximum atomic E-state index is 12.4. The fourth-order valence-electron chi connectivity index (χ4n) is 3.41. The molecule has 6 nitrogen and oxygen atoms in total. The highest BCUT2D eigenvalue weighted by molar-refractivity contribution is 5.95. The summed E-state index contributed by atoms with van der Waals surface area (Å²) in [6.07, 6.45) is 4.53. The molecule has 1 amide bonds. The van der Waals surface area contributed by atoms with Crippen molar-refractivity contribution in [3.8, 4) is 0 Å². The molecule has 1 aliphatic carbocycles. The number of likely N-dealkylation sites (tertiary alicyclic amines) is 1. The van der Waals surface area contributed by atoms with Gasteiger partial charge >= 0.3 is 5.97 Å². The number of hydrogen-bond acceptors (Lipinski definition) is 5. The molecule has 1 aliphatic heterocycles. The lowest BCUT2D eigenvalue weighted by Crippen LogP contribution is -2.44. The second kappa shape index (κ2) is 4.68. The number of carbonyl (C=O) groups excluding carboxylic acids is 2. The summed E-state index contributed by atoms with van der Waals surface area (Å²) < 4.78 is 9.56. The standard InChI is InChI=1S/C13H16N2O4/c1-18-13(17)11-9-4-2-3-8(9)7-15(11)12(16)10-5-6-19-14-10/h5-6,8-9,11H,2-4,7H2,1H3. The molecule has 0 radical (unpaired) electrons. The molecule has 1 aromatic heterocycles. The Balaban J connectivity index is 1.87. The largest absolute Gasteiger partial charge is 0.467 e. The van der Waals surface area contributed by atoms with Gasteiger partial charge in [0.1, 0.15) is 12.3 Å². The van der Waals surface area contributed by atoms with Gasteiger partial charge in [-0.3, -0.25) is 4.79 Å². The van der Waals surface area contributed by atoms with E-state index in [0.717, 1.165) is 19.3 Å². The summed E-state index contributed by atoms with van der Waals surface area (Å²) in [5, 5.41) is 3.66. The van der Waals surface area contributed by atoms with E-state index < -0.39 is 6.04 Å². The number of nitrogens with zero attached hydrogens (tertiary/aromatic N) is 2. The minimum absolute atomic E-state index is 0.225. The molecule has 0 aromatic carbocycles. The molecule has 0 bridgehead atoms. The van der Waals surface area contributed by atoms with Crippen LogP contribution in [0.4, 0.5) is 0 Å². The van der Waals surface area contributed by atoms with Crippen LogP contribution in [0.3, 0.4) is 0 Å². The van der Waals surface area contributed by atoms with Crippen LogP contribution >= 0.6 is 0 Å². The molecule has 3 rings (SSSR count). The lowest BCUT2D eigenvalue weighted by Gasteiger charge is -2.24. The summed E-state index contributed by atoms with van der Waals surface area (Å²) in [6.45, 7) is 0.607. The van der Waals surface area contributed by atoms with Crippen molar-refractivity contribution in [2.45, 2.75) is 25.3 Å². The zero-order valence-electron chi connectivity index (χ0n) is 10.7. The Morgan fingerprint density at radius 3 is 3.00 bits per heavy atom. The summed E-state index contributed by atoms with van der Waals surface area (Å²) in [6, 6.07) is 1.05. The monoisotopic (exact) mass is 264 g/mol. The first-order chi connectivity index (χ1) is 9.22. The van der Waals surface area contributed by atoms with Crippen molar-refractivity contribution >= 4 is 11.9 Å². The third-order valence-electron chi connectivity index (χ3n) is 4.25. The molecule has 19 heavy (non-hydrogen) atoms. The van der Waals surface area contributed by atoms with Crippen LogP contribution in [0.15, 0.2) is 16.9 Å². The van der Waals surface area contributed by atoms with Gasteiger partial charge in [0.15, 0.2) is 5.69 Å². The van der Waals surface area contributed by atoms with Crippen LogP contribution in [0.2, 0.25) is 0 Å². The van der Waals surface area contributed by atoms with Gasteiger partial charge in [0.05, 0.1) is 7.11 Å². The number of aromatic nitrogens is 1. The predicted octanol–water partition coefficient (Wildman–Crippen LogP) is 1.09. The van der Waals surface area contributed by atoms with Crippen LogP contribution in [0.5, 0.6) is 0 Å². The number of hydrogen-bond donors (Lipinski definition) is 0. The Morgan fingerprint density at radius 1 is 1.47 bits per heavy atom. The molecule has 2 aliphatic rings. The molecule has 102 valence electrons. The van der Waals surface area contributed by atoms with Crippen molar-refractivity contribution in [3.63, 3.8) is 0 Å². The smallest absolute Gasteiger partial charge is 0.328 e. The Labute approximate surface area is 110 Å². The topological polar surface area (TPSA) is 72.6 Å². The molecular formula is C13H16N2O4. The van der Waals surface area contributed by atoms with Gasteiger partial charge in [-0.15, -0.1) is 0 Å². The van der Waals surface area contributed by atoms with E-state index >= 15 is 0 Å². The first-order valence-corrected chi connectivity index (χ1v) is 6.51. The molecule has 2 fully saturated rings. The Morgan fingerprint density at radius 2 is 2.32 bits per heavy atom. The van der Waals surface area contributed by atoms with Gasteiger partial charge in [-0.2, -0.15) is 0 Å². The second-order valence-electron chi connectivity index (χ2n) is 5.17. The average molecular weight is 264 g/mol. The normalized spacial score (nSPS) is 29.3. The second-order valence-corrected chi connectivity index (χ2v) is 5.17. The maximum Gasteiger partial charge on any atom is 0.328 e. The quantitative estimate of drug-likeness (QED) is 0.748. The van der Waals surface area contributed by atoms with E-state index in [-0.39, 0.29) is 23.5 Å².